The average molecular weight is 301 g/mol. The predicted molar refractivity (Wildman–Crippen MR) is 76.8 cm³/mol. The number of nitrogens with one attached hydrogen (secondary N) is 1. The number of hydrogen-bond acceptors (Lipinski definition) is 1. The van der Waals surface area contributed by atoms with Crippen molar-refractivity contribution in [3.8, 4) is 0 Å². The van der Waals surface area contributed by atoms with E-state index in [9.17, 15) is 18.0 Å². The summed E-state index contributed by atoms with van der Waals surface area (Å²) in [4.78, 5) is 11.7. The van der Waals surface area contributed by atoms with Crippen LogP contribution in [-0.4, -0.2) is 12.1 Å². The van der Waals surface area contributed by atoms with Crippen LogP contribution in [0.15, 0.2) is 30.3 Å². The van der Waals surface area contributed by atoms with Gasteiger partial charge in [0.25, 0.3) is 0 Å². The van der Waals surface area contributed by atoms with Gasteiger partial charge < -0.3 is 5.32 Å². The molecule has 1 rings (SSSR count). The Bertz CT molecular complexity index is 417. The van der Waals surface area contributed by atoms with Crippen LogP contribution in [-0.2, 0) is 4.79 Å². The molecule has 1 N–H and O–H groups in total. The van der Waals surface area contributed by atoms with Gasteiger partial charge in [-0.2, -0.15) is 13.2 Å². The zero-order chi connectivity index (χ0) is 15.7. The molecule has 0 aliphatic carbocycles. The first-order valence-corrected chi connectivity index (χ1v) is 7.36. The summed E-state index contributed by atoms with van der Waals surface area (Å²) in [6, 6.07) is 5.53. The topological polar surface area (TPSA) is 29.1 Å². The zero-order valence-corrected chi connectivity index (χ0v) is 12.2. The summed E-state index contributed by atoms with van der Waals surface area (Å²) in [6.07, 6.45) is 0.370. The third-order valence-electron chi connectivity index (χ3n) is 3.27. The molecule has 0 radical (unpaired) electrons. The van der Waals surface area contributed by atoms with Crippen LogP contribution in [0.4, 0.5) is 13.2 Å². The number of carbonyl (C=O) groups excluding carboxylic acids is 1. The first-order valence-electron chi connectivity index (χ1n) is 7.36. The molecule has 1 atom stereocenters. The number of alkyl halides is 3. The van der Waals surface area contributed by atoms with E-state index in [1.54, 1.807) is 6.07 Å². The first-order chi connectivity index (χ1) is 9.95. The number of amides is 1. The fraction of sp³-hybridized carbons (Fsp3) is 0.562. The maximum atomic E-state index is 13.0. The molecule has 0 spiro atoms. The number of halogens is 3. The lowest BCUT2D eigenvalue weighted by Crippen LogP contribution is -2.38. The van der Waals surface area contributed by atoms with Gasteiger partial charge in [-0.05, 0) is 12.0 Å². The fourth-order valence-electron chi connectivity index (χ4n) is 2.12. The van der Waals surface area contributed by atoms with Crippen LogP contribution in [0.25, 0.3) is 0 Å². The molecule has 1 aromatic rings. The van der Waals surface area contributed by atoms with Gasteiger partial charge in [0.05, 0.1) is 0 Å². The predicted octanol–water partition coefficient (Wildman–Crippen LogP) is 4.77. The lowest BCUT2D eigenvalue weighted by Gasteiger charge is -2.22. The third kappa shape index (κ3) is 6.65. The van der Waals surface area contributed by atoms with Crippen molar-refractivity contribution in [2.45, 2.75) is 57.7 Å². The first kappa shape index (κ1) is 17.5. The molecule has 0 bridgehead atoms. The van der Waals surface area contributed by atoms with Crippen molar-refractivity contribution >= 4 is 5.91 Å². The number of hydrogen-bond donors (Lipinski definition) is 1. The van der Waals surface area contributed by atoms with E-state index in [1.165, 1.54) is 24.3 Å². The van der Waals surface area contributed by atoms with E-state index < -0.39 is 18.1 Å². The van der Waals surface area contributed by atoms with Gasteiger partial charge in [-0.1, -0.05) is 62.9 Å². The van der Waals surface area contributed by atoms with Crippen LogP contribution < -0.4 is 5.32 Å². The Morgan fingerprint density at radius 3 is 2.29 bits per heavy atom. The molecular formula is C16H22F3NO. The Morgan fingerprint density at radius 2 is 1.71 bits per heavy atom. The molecule has 1 aromatic carbocycles. The number of unbranched alkanes of at least 4 members (excludes halogenated alkanes) is 4. The molecule has 21 heavy (non-hydrogen) atoms. The highest BCUT2D eigenvalue weighted by atomic mass is 19.4. The largest absolute Gasteiger partial charge is 0.412 e. The van der Waals surface area contributed by atoms with E-state index in [0.717, 1.165) is 25.7 Å². The van der Waals surface area contributed by atoms with Gasteiger partial charge in [-0.15, -0.1) is 0 Å². The van der Waals surface area contributed by atoms with Crippen LogP contribution in [0.3, 0.4) is 0 Å². The van der Waals surface area contributed by atoms with E-state index in [-0.39, 0.29) is 12.0 Å². The molecule has 0 aliphatic rings. The van der Waals surface area contributed by atoms with Crippen molar-refractivity contribution in [3.63, 3.8) is 0 Å². The summed E-state index contributed by atoms with van der Waals surface area (Å²) >= 11 is 0. The second-order valence-electron chi connectivity index (χ2n) is 5.12. The van der Waals surface area contributed by atoms with Gasteiger partial charge in [0.1, 0.15) is 0 Å². The minimum atomic E-state index is -4.49. The Hall–Kier alpha value is -1.52. The molecule has 0 fully saturated rings. The van der Waals surface area contributed by atoms with Gasteiger partial charge in [0.2, 0.25) is 5.91 Å². The molecule has 0 aliphatic heterocycles. The van der Waals surface area contributed by atoms with Crippen molar-refractivity contribution in [2.24, 2.45) is 0 Å². The lowest BCUT2D eigenvalue weighted by molar-refractivity contribution is -0.163. The standard InChI is InChI=1S/C16H22F3NO/c1-2-3-4-5-9-12-14(21)20-15(16(17,18)19)13-10-7-6-8-11-13/h6-8,10-11,15H,2-5,9,12H2,1H3,(H,20,21). The van der Waals surface area contributed by atoms with Gasteiger partial charge in [0.15, 0.2) is 6.04 Å². The molecule has 2 nitrogen and oxygen atoms in total. The van der Waals surface area contributed by atoms with E-state index in [1.807, 2.05) is 0 Å². The number of carbonyl (C=O) groups is 1. The molecule has 0 heterocycles. The molecule has 0 saturated heterocycles. The van der Waals surface area contributed by atoms with Crippen molar-refractivity contribution in [1.82, 2.24) is 5.32 Å². The molecular weight excluding hydrogens is 279 g/mol. The van der Waals surface area contributed by atoms with E-state index in [4.69, 9.17) is 0 Å². The highest BCUT2D eigenvalue weighted by molar-refractivity contribution is 5.76. The lowest BCUT2D eigenvalue weighted by atomic mass is 10.1. The van der Waals surface area contributed by atoms with Crippen molar-refractivity contribution in [1.29, 1.82) is 0 Å². The molecule has 5 heteroatoms. The number of rotatable bonds is 8. The van der Waals surface area contributed by atoms with Crippen molar-refractivity contribution in [2.75, 3.05) is 0 Å². The summed E-state index contributed by atoms with van der Waals surface area (Å²) in [7, 11) is 0. The summed E-state index contributed by atoms with van der Waals surface area (Å²) in [5, 5.41) is 2.10. The molecule has 0 saturated carbocycles. The van der Waals surface area contributed by atoms with Crippen molar-refractivity contribution in [3.05, 3.63) is 35.9 Å². The van der Waals surface area contributed by atoms with Crippen LogP contribution in [0.5, 0.6) is 0 Å². The summed E-state index contributed by atoms with van der Waals surface area (Å²) in [5.41, 5.74) is 0.0596. The van der Waals surface area contributed by atoms with Gasteiger partial charge in [0, 0.05) is 6.42 Å². The average Bonchev–Trinajstić information content (AvgIpc) is 2.44. The molecule has 0 aromatic heterocycles. The van der Waals surface area contributed by atoms with E-state index in [2.05, 4.69) is 12.2 Å². The normalized spacial score (nSPS) is 13.0. The number of benzene rings is 1. The third-order valence-corrected chi connectivity index (χ3v) is 3.27. The monoisotopic (exact) mass is 301 g/mol. The van der Waals surface area contributed by atoms with Crippen LogP contribution >= 0.6 is 0 Å². The summed E-state index contributed by atoms with van der Waals surface area (Å²) in [6.45, 7) is 2.08. The smallest absolute Gasteiger partial charge is 0.341 e. The molecule has 118 valence electrons. The maximum absolute atomic E-state index is 13.0. The minimum Gasteiger partial charge on any atom is -0.341 e. The van der Waals surface area contributed by atoms with Gasteiger partial charge in [-0.25, -0.2) is 0 Å². The Kier molecular flexibility index (Phi) is 7.26. The maximum Gasteiger partial charge on any atom is 0.412 e. The van der Waals surface area contributed by atoms with Crippen LogP contribution in [0, 0.1) is 0 Å². The van der Waals surface area contributed by atoms with Crippen LogP contribution in [0.2, 0.25) is 0 Å². The van der Waals surface area contributed by atoms with Gasteiger partial charge in [-0.3, -0.25) is 4.79 Å². The quantitative estimate of drug-likeness (QED) is 0.689. The molecule has 1 amide bonds. The van der Waals surface area contributed by atoms with Crippen molar-refractivity contribution < 1.29 is 18.0 Å². The van der Waals surface area contributed by atoms with Crippen LogP contribution in [0.1, 0.15) is 57.1 Å². The second kappa shape index (κ2) is 8.70. The molecule has 1 unspecified atom stereocenters. The SMILES string of the molecule is CCCCCCCC(=O)NC(c1ccccc1)C(F)(F)F. The van der Waals surface area contributed by atoms with Gasteiger partial charge >= 0.3 is 6.18 Å². The second-order valence-corrected chi connectivity index (χ2v) is 5.12. The minimum absolute atomic E-state index is 0.0596. The fourth-order valence-corrected chi connectivity index (χ4v) is 2.12. The highest BCUT2D eigenvalue weighted by Gasteiger charge is 2.41. The van der Waals surface area contributed by atoms with E-state index >= 15 is 0 Å². The zero-order valence-electron chi connectivity index (χ0n) is 12.2. The highest BCUT2D eigenvalue weighted by Crippen LogP contribution is 2.32. The summed E-state index contributed by atoms with van der Waals surface area (Å²) in [5.74, 6) is -0.544. The van der Waals surface area contributed by atoms with E-state index in [0.29, 0.717) is 6.42 Å². The Morgan fingerprint density at radius 1 is 1.10 bits per heavy atom. The Balaban J connectivity index is 2.52. The summed E-state index contributed by atoms with van der Waals surface area (Å²) < 4.78 is 39.1. The Labute approximate surface area is 123 Å².